The smallest absolute Gasteiger partial charge is 0.407 e. The van der Waals surface area contributed by atoms with Crippen LogP contribution in [-0.4, -0.2) is 85.8 Å². The number of nitrogens with zero attached hydrogens (tertiary/aromatic N) is 5. The van der Waals surface area contributed by atoms with Gasteiger partial charge in [-0.2, -0.15) is 0 Å². The topological polar surface area (TPSA) is 140 Å². The molecule has 2 fully saturated rings. The first-order valence-electron chi connectivity index (χ1n) is 21.5. The molecule has 4 heterocycles. The monoisotopic (exact) mass is 828 g/mol. The van der Waals surface area contributed by atoms with Gasteiger partial charge in [0.1, 0.15) is 23.7 Å². The second-order valence-electron chi connectivity index (χ2n) is 15.7. The molecule has 0 bridgehead atoms. The lowest BCUT2D eigenvalue weighted by molar-refractivity contribution is -0.138. The van der Waals surface area contributed by atoms with Gasteiger partial charge >= 0.3 is 6.09 Å². The number of benzene rings is 4. The molecule has 2 aromatic heterocycles. The Bertz CT molecular complexity index is 2520. The van der Waals surface area contributed by atoms with Crippen molar-refractivity contribution in [3.05, 3.63) is 155 Å². The number of imidazole rings is 2. The number of aromatic amines is 2. The van der Waals surface area contributed by atoms with Gasteiger partial charge in [0, 0.05) is 24.2 Å². The number of hydrogen-bond acceptors (Lipinski definition) is 7. The molecule has 0 saturated carbocycles. The zero-order chi connectivity index (χ0) is 43.0. The minimum atomic E-state index is -0.876. The van der Waals surface area contributed by atoms with Gasteiger partial charge in [-0.1, -0.05) is 111 Å². The van der Waals surface area contributed by atoms with Crippen molar-refractivity contribution in [3.63, 3.8) is 0 Å². The van der Waals surface area contributed by atoms with Crippen LogP contribution in [0.1, 0.15) is 97.6 Å². The summed E-state index contributed by atoms with van der Waals surface area (Å²) in [7, 11) is 1.28. The summed E-state index contributed by atoms with van der Waals surface area (Å²) >= 11 is 0. The van der Waals surface area contributed by atoms with Crippen molar-refractivity contribution >= 4 is 17.9 Å². The van der Waals surface area contributed by atoms with E-state index < -0.39 is 12.1 Å². The van der Waals surface area contributed by atoms with Crippen LogP contribution >= 0.6 is 0 Å². The molecule has 6 aromatic rings. The lowest BCUT2D eigenvalue weighted by atomic mass is 10.0. The first-order chi connectivity index (χ1) is 30.3. The number of amides is 3. The van der Waals surface area contributed by atoms with Gasteiger partial charge in [0.05, 0.1) is 43.0 Å². The van der Waals surface area contributed by atoms with Crippen molar-refractivity contribution < 1.29 is 19.1 Å². The quantitative estimate of drug-likeness (QED) is 0.105. The van der Waals surface area contributed by atoms with Crippen LogP contribution in [0.15, 0.2) is 122 Å². The summed E-state index contributed by atoms with van der Waals surface area (Å²) in [6.45, 7) is 7.06. The highest BCUT2D eigenvalue weighted by Gasteiger charge is 2.39. The number of hydrogen-bond donors (Lipinski definition) is 3. The molecule has 4 atom stereocenters. The molecule has 2 saturated heterocycles. The second kappa shape index (κ2) is 19.2. The van der Waals surface area contributed by atoms with E-state index in [0.717, 1.165) is 83.8 Å². The van der Waals surface area contributed by atoms with Crippen LogP contribution in [0.25, 0.3) is 22.5 Å². The number of H-pyrrole nitrogens is 2. The molecule has 2 aliphatic rings. The Morgan fingerprint density at radius 3 is 1.63 bits per heavy atom. The summed E-state index contributed by atoms with van der Waals surface area (Å²) in [5.41, 5.74) is 7.16. The average Bonchev–Trinajstić information content (AvgIpc) is 4.17. The summed E-state index contributed by atoms with van der Waals surface area (Å²) in [6, 6.07) is 33.8. The molecule has 3 N–H and O–H groups in total. The first-order valence-corrected chi connectivity index (χ1v) is 21.5. The van der Waals surface area contributed by atoms with Gasteiger partial charge in [0.2, 0.25) is 5.91 Å². The minimum Gasteiger partial charge on any atom is -0.453 e. The maximum Gasteiger partial charge on any atom is 0.407 e. The predicted octanol–water partition coefficient (Wildman–Crippen LogP) is 8.37. The molecular weight excluding hydrogens is 777 g/mol. The molecule has 0 radical (unpaired) electrons. The molecule has 2 aliphatic heterocycles. The number of nitrogens with one attached hydrogen (secondary N) is 3. The van der Waals surface area contributed by atoms with Gasteiger partial charge in [-0.3, -0.25) is 14.5 Å². The van der Waals surface area contributed by atoms with Crippen molar-refractivity contribution in [1.82, 2.24) is 40.0 Å². The number of carbonyl (C=O) groups excluding carboxylic acids is 3. The van der Waals surface area contributed by atoms with Gasteiger partial charge in [0.15, 0.2) is 0 Å². The zero-order valence-corrected chi connectivity index (χ0v) is 35.4. The Hall–Kier alpha value is -6.97. The van der Waals surface area contributed by atoms with Crippen molar-refractivity contribution in [1.29, 1.82) is 0 Å². The first kappa shape index (κ1) is 41.8. The van der Waals surface area contributed by atoms with E-state index in [1.54, 1.807) is 11.1 Å². The summed E-state index contributed by atoms with van der Waals surface area (Å²) in [5.74, 6) is 8.00. The molecule has 3 amide bonds. The van der Waals surface area contributed by atoms with E-state index in [1.165, 1.54) is 7.11 Å². The van der Waals surface area contributed by atoms with E-state index in [1.807, 2.05) is 120 Å². The van der Waals surface area contributed by atoms with E-state index in [4.69, 9.17) is 14.7 Å². The van der Waals surface area contributed by atoms with Crippen molar-refractivity contribution in [2.45, 2.75) is 63.7 Å². The standard InChI is InChI=1S/C50H52N8O4/c1-4-56(5-2)45(39-16-10-7-11-17-39)49(60)58-31-13-19-43(58)47-52-33-41(54-47)37-28-24-35(25-29-37)21-20-34-22-26-36(27-23-34)40-32-51-46(53-40)42-18-12-30-57(42)48(59)44(55-50(61)62-3)38-14-8-6-9-15-38/h6-11,14-17,22-29,32-33,42-45H,4-5,12-13,18-19,30-31H2,1-3H3,(H,51,53)(H,52,54)(H,55,61). The molecule has 62 heavy (non-hydrogen) atoms. The Morgan fingerprint density at radius 2 is 1.16 bits per heavy atom. The molecule has 12 heteroatoms. The molecule has 4 aromatic carbocycles. The minimum absolute atomic E-state index is 0.102. The predicted molar refractivity (Wildman–Crippen MR) is 238 cm³/mol. The largest absolute Gasteiger partial charge is 0.453 e. The fourth-order valence-electron chi connectivity index (χ4n) is 8.71. The highest BCUT2D eigenvalue weighted by atomic mass is 16.5. The number of alkyl carbamates (subject to hydrolysis) is 1. The number of carbonyl (C=O) groups is 3. The SMILES string of the molecule is CCN(CC)C(C(=O)N1CCCC1c1ncc(-c2ccc(C#Cc3ccc(-c4cnc(C5CCCN5C(=O)C(NC(=O)OC)c5ccccc5)[nH]4)cc3)cc2)[nH]1)c1ccccc1. The molecule has 316 valence electrons. The lowest BCUT2D eigenvalue weighted by Crippen LogP contribution is -2.43. The molecule has 0 aliphatic carbocycles. The lowest BCUT2D eigenvalue weighted by Gasteiger charge is -2.34. The van der Waals surface area contributed by atoms with Crippen molar-refractivity contribution in [2.24, 2.45) is 0 Å². The Labute approximate surface area is 362 Å². The van der Waals surface area contributed by atoms with E-state index in [0.29, 0.717) is 24.5 Å². The summed E-state index contributed by atoms with van der Waals surface area (Å²) in [6.07, 6.45) is 6.36. The molecule has 8 rings (SSSR count). The molecule has 0 spiro atoms. The third kappa shape index (κ3) is 9.04. The maximum absolute atomic E-state index is 14.2. The number of rotatable bonds is 12. The summed E-state index contributed by atoms with van der Waals surface area (Å²) in [5, 5.41) is 2.71. The van der Waals surface area contributed by atoms with Crippen molar-refractivity contribution in [2.75, 3.05) is 33.3 Å². The van der Waals surface area contributed by atoms with Gasteiger partial charge < -0.3 is 29.8 Å². The molecule has 4 unspecified atom stereocenters. The Balaban J connectivity index is 0.905. The molecular formula is C50H52N8O4. The third-order valence-electron chi connectivity index (χ3n) is 12.0. The maximum atomic E-state index is 14.2. The van der Waals surface area contributed by atoms with Crippen LogP contribution in [0.2, 0.25) is 0 Å². The number of ether oxygens (including phenoxy) is 1. The number of aromatic nitrogens is 4. The second-order valence-corrected chi connectivity index (χ2v) is 15.7. The average molecular weight is 829 g/mol. The highest BCUT2D eigenvalue weighted by molar-refractivity contribution is 5.87. The Morgan fingerprint density at radius 1 is 0.694 bits per heavy atom. The number of methoxy groups -OCH3 is 1. The van der Waals surface area contributed by atoms with E-state index in [9.17, 15) is 14.4 Å². The van der Waals surface area contributed by atoms with E-state index in [2.05, 4.69) is 45.9 Å². The summed E-state index contributed by atoms with van der Waals surface area (Å²) < 4.78 is 4.83. The summed E-state index contributed by atoms with van der Waals surface area (Å²) in [4.78, 5) is 62.8. The number of likely N-dealkylation sites (tertiary alicyclic amines) is 2. The van der Waals surface area contributed by atoms with Gasteiger partial charge in [0.25, 0.3) is 5.91 Å². The van der Waals surface area contributed by atoms with Crippen molar-refractivity contribution in [3.8, 4) is 34.4 Å². The van der Waals surface area contributed by atoms with Crippen LogP contribution in [0.4, 0.5) is 4.79 Å². The third-order valence-corrected chi connectivity index (χ3v) is 12.0. The highest BCUT2D eigenvalue weighted by Crippen LogP contribution is 2.36. The zero-order valence-electron chi connectivity index (χ0n) is 35.4. The molecule has 12 nitrogen and oxygen atoms in total. The number of likely N-dealkylation sites (N-methyl/N-ethyl adjacent to an activating group) is 1. The van der Waals surface area contributed by atoms with Crippen LogP contribution in [0, 0.1) is 11.8 Å². The van der Waals surface area contributed by atoms with Crippen LogP contribution in [0.5, 0.6) is 0 Å². The fourth-order valence-corrected chi connectivity index (χ4v) is 8.71. The fraction of sp³-hybridized carbons (Fsp3) is 0.300. The Kier molecular flexibility index (Phi) is 12.9. The van der Waals surface area contributed by atoms with Crippen LogP contribution in [0.3, 0.4) is 0 Å². The van der Waals surface area contributed by atoms with Gasteiger partial charge in [-0.15, -0.1) is 0 Å². The van der Waals surface area contributed by atoms with Gasteiger partial charge in [-0.05, 0) is 85.3 Å². The van der Waals surface area contributed by atoms with E-state index in [-0.39, 0.29) is 29.9 Å². The van der Waals surface area contributed by atoms with Crippen LogP contribution < -0.4 is 5.32 Å². The van der Waals surface area contributed by atoms with E-state index >= 15 is 0 Å². The normalized spacial score (nSPS) is 17.0. The van der Waals surface area contributed by atoms with Gasteiger partial charge in [-0.25, -0.2) is 14.8 Å². The van der Waals surface area contributed by atoms with Crippen LogP contribution in [-0.2, 0) is 14.3 Å².